The maximum absolute atomic E-state index is 10.7. The molecule has 1 aromatic rings. The van der Waals surface area contributed by atoms with Crippen molar-refractivity contribution in [3.05, 3.63) is 21.8 Å². The molecule has 0 aliphatic rings. The van der Waals surface area contributed by atoms with E-state index in [1.807, 2.05) is 0 Å². The fourth-order valence-corrected chi connectivity index (χ4v) is 1.49. The SMILES string of the molecule is Cl.O=c1ccsn1CCCl. The summed E-state index contributed by atoms with van der Waals surface area (Å²) in [6, 6.07) is 1.54. The zero-order valence-electron chi connectivity index (χ0n) is 5.12. The molecular formula is C5H7Cl2NOS. The highest BCUT2D eigenvalue weighted by Gasteiger charge is 1.92. The second-order valence-corrected chi connectivity index (χ2v) is 2.84. The first-order chi connectivity index (χ1) is 4.34. The molecule has 58 valence electrons. The molecule has 0 aliphatic heterocycles. The third-order valence-electron chi connectivity index (χ3n) is 0.932. The van der Waals surface area contributed by atoms with Crippen molar-refractivity contribution >= 4 is 35.5 Å². The van der Waals surface area contributed by atoms with Gasteiger partial charge in [0.25, 0.3) is 5.56 Å². The number of hydrogen-bond acceptors (Lipinski definition) is 2. The molecule has 0 spiro atoms. The minimum Gasteiger partial charge on any atom is -0.268 e. The summed E-state index contributed by atoms with van der Waals surface area (Å²) in [5.74, 6) is 0.500. The molecule has 1 heterocycles. The molecule has 0 saturated carbocycles. The van der Waals surface area contributed by atoms with Gasteiger partial charge in [0.15, 0.2) is 0 Å². The van der Waals surface area contributed by atoms with E-state index in [2.05, 4.69) is 0 Å². The lowest BCUT2D eigenvalue weighted by Gasteiger charge is -1.90. The highest BCUT2D eigenvalue weighted by atomic mass is 35.5. The Morgan fingerprint density at radius 3 is 2.80 bits per heavy atom. The van der Waals surface area contributed by atoms with Crippen LogP contribution in [0, 0.1) is 0 Å². The second-order valence-electron chi connectivity index (χ2n) is 1.54. The Kier molecular flexibility index (Phi) is 4.77. The van der Waals surface area contributed by atoms with Crippen LogP contribution in [-0.2, 0) is 6.54 Å². The van der Waals surface area contributed by atoms with Crippen LogP contribution >= 0.6 is 35.5 Å². The molecule has 2 nitrogen and oxygen atoms in total. The summed E-state index contributed by atoms with van der Waals surface area (Å²) in [7, 11) is 0. The molecule has 0 amide bonds. The van der Waals surface area contributed by atoms with Gasteiger partial charge < -0.3 is 0 Å². The Labute approximate surface area is 74.0 Å². The number of rotatable bonds is 2. The molecular weight excluding hydrogens is 193 g/mol. The van der Waals surface area contributed by atoms with E-state index < -0.39 is 0 Å². The maximum atomic E-state index is 10.7. The molecule has 0 fully saturated rings. The van der Waals surface area contributed by atoms with E-state index in [0.29, 0.717) is 12.4 Å². The normalized spacial score (nSPS) is 8.90. The second kappa shape index (κ2) is 4.77. The lowest BCUT2D eigenvalue weighted by molar-refractivity contribution is 0.816. The number of nitrogens with zero attached hydrogens (tertiary/aromatic N) is 1. The van der Waals surface area contributed by atoms with Crippen LogP contribution in [0.1, 0.15) is 0 Å². The minimum atomic E-state index is 0. The minimum absolute atomic E-state index is 0. The fourth-order valence-electron chi connectivity index (χ4n) is 0.537. The summed E-state index contributed by atoms with van der Waals surface area (Å²) in [5.41, 5.74) is 0.0423. The molecule has 0 N–H and O–H groups in total. The molecule has 5 heteroatoms. The molecule has 10 heavy (non-hydrogen) atoms. The number of hydrogen-bond donors (Lipinski definition) is 0. The fraction of sp³-hybridized carbons (Fsp3) is 0.400. The van der Waals surface area contributed by atoms with Gasteiger partial charge in [0, 0.05) is 17.3 Å². The average Bonchev–Trinajstić information content (AvgIpc) is 2.18. The van der Waals surface area contributed by atoms with Crippen LogP contribution < -0.4 is 5.56 Å². The first kappa shape index (κ1) is 10.0. The molecule has 0 bridgehead atoms. The zero-order chi connectivity index (χ0) is 6.69. The van der Waals surface area contributed by atoms with Gasteiger partial charge >= 0.3 is 0 Å². The van der Waals surface area contributed by atoms with Gasteiger partial charge in [0.1, 0.15) is 0 Å². The third-order valence-corrected chi connectivity index (χ3v) is 1.98. The van der Waals surface area contributed by atoms with Crippen LogP contribution in [0.5, 0.6) is 0 Å². The van der Waals surface area contributed by atoms with Crippen molar-refractivity contribution in [3.8, 4) is 0 Å². The number of halogens is 2. The molecule has 0 aromatic carbocycles. The molecule has 0 atom stereocenters. The monoisotopic (exact) mass is 199 g/mol. The first-order valence-corrected chi connectivity index (χ1v) is 3.92. The predicted molar refractivity (Wildman–Crippen MR) is 46.5 cm³/mol. The van der Waals surface area contributed by atoms with Gasteiger partial charge in [-0.2, -0.15) is 0 Å². The number of aromatic nitrogens is 1. The lowest BCUT2D eigenvalue weighted by atomic mass is 10.7. The van der Waals surface area contributed by atoms with Gasteiger partial charge in [-0.1, -0.05) is 11.5 Å². The van der Waals surface area contributed by atoms with Crippen molar-refractivity contribution < 1.29 is 0 Å². The van der Waals surface area contributed by atoms with Gasteiger partial charge in [-0.15, -0.1) is 24.0 Å². The van der Waals surface area contributed by atoms with Crippen LogP contribution in [0.4, 0.5) is 0 Å². The number of aryl methyl sites for hydroxylation is 1. The molecule has 1 rings (SSSR count). The number of alkyl halides is 1. The summed E-state index contributed by atoms with van der Waals surface area (Å²) >= 11 is 6.81. The van der Waals surface area contributed by atoms with Crippen LogP contribution in [0.15, 0.2) is 16.2 Å². The van der Waals surface area contributed by atoms with E-state index >= 15 is 0 Å². The third kappa shape index (κ3) is 2.33. The standard InChI is InChI=1S/C5H6ClNOS.ClH/c6-2-3-7-5(8)1-4-9-7;/h1,4H,2-3H2;1H. The van der Waals surface area contributed by atoms with Crippen molar-refractivity contribution in [2.75, 3.05) is 5.88 Å². The van der Waals surface area contributed by atoms with Crippen LogP contribution in [-0.4, -0.2) is 9.84 Å². The van der Waals surface area contributed by atoms with Crippen molar-refractivity contribution in [1.29, 1.82) is 0 Å². The Hall–Kier alpha value is 0.01000. The quantitative estimate of drug-likeness (QED) is 0.664. The molecule has 1 aromatic heterocycles. The van der Waals surface area contributed by atoms with Crippen molar-refractivity contribution in [3.63, 3.8) is 0 Å². The average molecular weight is 200 g/mol. The van der Waals surface area contributed by atoms with Crippen LogP contribution in [0.25, 0.3) is 0 Å². The Morgan fingerprint density at radius 1 is 1.70 bits per heavy atom. The summed E-state index contributed by atoms with van der Waals surface area (Å²) in [4.78, 5) is 10.7. The van der Waals surface area contributed by atoms with E-state index in [1.165, 1.54) is 17.6 Å². The van der Waals surface area contributed by atoms with Gasteiger partial charge in [0.2, 0.25) is 0 Å². The largest absolute Gasteiger partial charge is 0.268 e. The van der Waals surface area contributed by atoms with Gasteiger partial charge in [-0.05, 0) is 0 Å². The van der Waals surface area contributed by atoms with Crippen LogP contribution in [0.3, 0.4) is 0 Å². The summed E-state index contributed by atoms with van der Waals surface area (Å²) < 4.78 is 1.62. The van der Waals surface area contributed by atoms with Gasteiger partial charge in [-0.25, -0.2) is 0 Å². The van der Waals surface area contributed by atoms with Crippen LogP contribution in [0.2, 0.25) is 0 Å². The Morgan fingerprint density at radius 2 is 2.40 bits per heavy atom. The first-order valence-electron chi connectivity index (χ1n) is 2.55. The van der Waals surface area contributed by atoms with E-state index in [-0.39, 0.29) is 18.0 Å². The molecule has 0 radical (unpaired) electrons. The molecule has 0 saturated heterocycles. The summed E-state index contributed by atoms with van der Waals surface area (Å²) in [6.45, 7) is 0.623. The molecule has 0 aliphatic carbocycles. The topological polar surface area (TPSA) is 22.0 Å². The Bertz CT molecular complexity index is 232. The zero-order valence-corrected chi connectivity index (χ0v) is 7.51. The van der Waals surface area contributed by atoms with Crippen molar-refractivity contribution in [1.82, 2.24) is 3.96 Å². The summed E-state index contributed by atoms with van der Waals surface area (Å²) in [5, 5.41) is 1.76. The maximum Gasteiger partial charge on any atom is 0.260 e. The highest BCUT2D eigenvalue weighted by molar-refractivity contribution is 7.04. The highest BCUT2D eigenvalue weighted by Crippen LogP contribution is 1.92. The van der Waals surface area contributed by atoms with Crippen molar-refractivity contribution in [2.24, 2.45) is 0 Å². The van der Waals surface area contributed by atoms with Crippen molar-refractivity contribution in [2.45, 2.75) is 6.54 Å². The smallest absolute Gasteiger partial charge is 0.260 e. The molecule has 0 unspecified atom stereocenters. The van der Waals surface area contributed by atoms with Gasteiger partial charge in [-0.3, -0.25) is 8.75 Å². The predicted octanol–water partition coefficient (Wildman–Crippen LogP) is 1.57. The lowest BCUT2D eigenvalue weighted by Crippen LogP contribution is -2.12. The van der Waals surface area contributed by atoms with E-state index in [0.717, 1.165) is 0 Å². The van der Waals surface area contributed by atoms with E-state index in [9.17, 15) is 4.79 Å². The van der Waals surface area contributed by atoms with E-state index in [4.69, 9.17) is 11.6 Å². The van der Waals surface area contributed by atoms with E-state index in [1.54, 1.807) is 9.34 Å². The Balaban J connectivity index is 0.000000810. The summed E-state index contributed by atoms with van der Waals surface area (Å²) in [6.07, 6.45) is 0. The van der Waals surface area contributed by atoms with Gasteiger partial charge in [0.05, 0.1) is 6.54 Å².